The molecule has 19 heavy (non-hydrogen) atoms. The molecule has 0 aromatic carbocycles. The second-order valence-corrected chi connectivity index (χ2v) is 5.32. The van der Waals surface area contributed by atoms with E-state index in [4.69, 9.17) is 9.52 Å². The molecule has 6 nitrogen and oxygen atoms in total. The smallest absolute Gasteiger partial charge is 0.323 e. The number of nitrogens with one attached hydrogen (secondary N) is 1. The Morgan fingerprint density at radius 1 is 1.37 bits per heavy atom. The Labute approximate surface area is 112 Å². The van der Waals surface area contributed by atoms with Crippen molar-refractivity contribution in [1.29, 1.82) is 0 Å². The second-order valence-electron chi connectivity index (χ2n) is 5.32. The quantitative estimate of drug-likeness (QED) is 0.874. The molecule has 0 saturated heterocycles. The Morgan fingerprint density at radius 3 is 2.42 bits per heavy atom. The summed E-state index contributed by atoms with van der Waals surface area (Å²) in [6.45, 7) is 7.06. The molecule has 0 bridgehead atoms. The van der Waals surface area contributed by atoms with E-state index in [1.165, 1.54) is 4.90 Å². The summed E-state index contributed by atoms with van der Waals surface area (Å²) in [4.78, 5) is 24.1. The van der Waals surface area contributed by atoms with Crippen molar-refractivity contribution >= 4 is 12.0 Å². The highest BCUT2D eigenvalue weighted by atomic mass is 16.4. The molecule has 0 spiro atoms. The van der Waals surface area contributed by atoms with Crippen LogP contribution in [-0.2, 0) is 11.3 Å². The Kier molecular flexibility index (Phi) is 4.58. The summed E-state index contributed by atoms with van der Waals surface area (Å²) in [5, 5.41) is 11.5. The van der Waals surface area contributed by atoms with Gasteiger partial charge < -0.3 is 19.7 Å². The summed E-state index contributed by atoms with van der Waals surface area (Å²) >= 11 is 0. The lowest BCUT2D eigenvalue weighted by Crippen LogP contribution is -2.52. The topological polar surface area (TPSA) is 82.8 Å². The number of carbonyl (C=O) groups is 2. The van der Waals surface area contributed by atoms with Gasteiger partial charge in [-0.15, -0.1) is 0 Å². The predicted molar refractivity (Wildman–Crippen MR) is 69.8 cm³/mol. The zero-order valence-corrected chi connectivity index (χ0v) is 11.7. The Balaban J connectivity index is 2.64. The number of nitrogens with zero attached hydrogens (tertiary/aromatic N) is 1. The lowest BCUT2D eigenvalue weighted by atomic mass is 10.1. The highest BCUT2D eigenvalue weighted by molar-refractivity contribution is 5.80. The summed E-state index contributed by atoms with van der Waals surface area (Å²) in [5.74, 6) is 0.358. The van der Waals surface area contributed by atoms with E-state index in [2.05, 4.69) is 5.32 Å². The Morgan fingerprint density at radius 2 is 2.00 bits per heavy atom. The van der Waals surface area contributed by atoms with E-state index >= 15 is 0 Å². The van der Waals surface area contributed by atoms with Gasteiger partial charge in [0.05, 0.1) is 6.54 Å². The number of furan rings is 1. The maximum Gasteiger partial charge on any atom is 0.323 e. The SMILES string of the molecule is Cc1ccc(CNC(=O)N(CC(=O)O)C(C)(C)C)o1. The van der Waals surface area contributed by atoms with Crippen LogP contribution in [0.25, 0.3) is 0 Å². The van der Waals surface area contributed by atoms with E-state index in [1.807, 2.05) is 6.92 Å². The Hall–Kier alpha value is -1.98. The van der Waals surface area contributed by atoms with E-state index in [0.717, 1.165) is 5.76 Å². The molecule has 1 aromatic rings. The fourth-order valence-corrected chi connectivity index (χ4v) is 1.59. The van der Waals surface area contributed by atoms with Gasteiger partial charge in [0.1, 0.15) is 18.1 Å². The number of rotatable bonds is 4. The van der Waals surface area contributed by atoms with Gasteiger partial charge in [-0.1, -0.05) is 0 Å². The van der Waals surface area contributed by atoms with E-state index in [1.54, 1.807) is 32.9 Å². The van der Waals surface area contributed by atoms with Crippen molar-refractivity contribution in [2.24, 2.45) is 0 Å². The number of carboxylic acid groups (broad SMARTS) is 1. The minimum absolute atomic E-state index is 0.235. The molecule has 0 unspecified atom stereocenters. The second kappa shape index (κ2) is 5.77. The summed E-state index contributed by atoms with van der Waals surface area (Å²) in [5.41, 5.74) is -0.568. The van der Waals surface area contributed by atoms with Crippen LogP contribution in [-0.4, -0.2) is 34.1 Å². The van der Waals surface area contributed by atoms with Gasteiger partial charge in [-0.05, 0) is 39.8 Å². The van der Waals surface area contributed by atoms with Gasteiger partial charge in [-0.2, -0.15) is 0 Å². The molecule has 0 atom stereocenters. The third-order valence-electron chi connectivity index (χ3n) is 2.56. The Bertz CT molecular complexity index is 459. The molecule has 106 valence electrons. The van der Waals surface area contributed by atoms with Gasteiger partial charge in [0.25, 0.3) is 0 Å². The zero-order valence-electron chi connectivity index (χ0n) is 11.7. The largest absolute Gasteiger partial charge is 0.480 e. The van der Waals surface area contributed by atoms with Crippen molar-refractivity contribution in [3.05, 3.63) is 23.7 Å². The minimum Gasteiger partial charge on any atom is -0.480 e. The van der Waals surface area contributed by atoms with Crippen LogP contribution >= 0.6 is 0 Å². The monoisotopic (exact) mass is 268 g/mol. The van der Waals surface area contributed by atoms with Crippen LogP contribution in [0.4, 0.5) is 4.79 Å². The normalized spacial score (nSPS) is 11.2. The van der Waals surface area contributed by atoms with Crippen molar-refractivity contribution in [2.75, 3.05) is 6.54 Å². The molecule has 0 aliphatic rings. The molecule has 0 radical (unpaired) electrons. The third kappa shape index (κ3) is 4.65. The van der Waals surface area contributed by atoms with Gasteiger partial charge in [-0.3, -0.25) is 4.79 Å². The van der Waals surface area contributed by atoms with E-state index < -0.39 is 17.5 Å². The van der Waals surface area contributed by atoms with Crippen molar-refractivity contribution < 1.29 is 19.1 Å². The fraction of sp³-hybridized carbons (Fsp3) is 0.538. The predicted octanol–water partition coefficient (Wildman–Crippen LogP) is 1.98. The van der Waals surface area contributed by atoms with Gasteiger partial charge in [0, 0.05) is 5.54 Å². The molecule has 1 aromatic heterocycles. The molecule has 0 aliphatic carbocycles. The molecule has 1 heterocycles. The first-order valence-corrected chi connectivity index (χ1v) is 6.02. The summed E-state index contributed by atoms with van der Waals surface area (Å²) in [6.07, 6.45) is 0. The first-order valence-electron chi connectivity index (χ1n) is 6.02. The number of carboxylic acids is 1. The van der Waals surface area contributed by atoms with Gasteiger partial charge in [0.15, 0.2) is 0 Å². The van der Waals surface area contributed by atoms with Crippen LogP contribution in [0.2, 0.25) is 0 Å². The van der Waals surface area contributed by atoms with Crippen LogP contribution in [0.1, 0.15) is 32.3 Å². The van der Waals surface area contributed by atoms with Crippen molar-refractivity contribution in [1.82, 2.24) is 10.2 Å². The van der Waals surface area contributed by atoms with Gasteiger partial charge >= 0.3 is 12.0 Å². The standard InChI is InChI=1S/C13H20N2O4/c1-9-5-6-10(19-9)7-14-12(18)15(8-11(16)17)13(2,3)4/h5-6H,7-8H2,1-4H3,(H,14,18)(H,16,17). The first-order chi connectivity index (χ1) is 8.70. The number of hydrogen-bond acceptors (Lipinski definition) is 3. The maximum atomic E-state index is 12.0. The molecule has 2 N–H and O–H groups in total. The lowest BCUT2D eigenvalue weighted by Gasteiger charge is -2.34. The fourth-order valence-electron chi connectivity index (χ4n) is 1.59. The average molecular weight is 268 g/mol. The number of urea groups is 1. The molecule has 1 rings (SSSR count). The molecule has 0 fully saturated rings. The van der Waals surface area contributed by atoms with E-state index in [9.17, 15) is 9.59 Å². The zero-order chi connectivity index (χ0) is 14.6. The van der Waals surface area contributed by atoms with Gasteiger partial charge in [-0.25, -0.2) is 4.79 Å². The van der Waals surface area contributed by atoms with Crippen LogP contribution < -0.4 is 5.32 Å². The molecular weight excluding hydrogens is 248 g/mol. The van der Waals surface area contributed by atoms with Crippen LogP contribution in [0.5, 0.6) is 0 Å². The van der Waals surface area contributed by atoms with Crippen molar-refractivity contribution in [2.45, 2.75) is 39.8 Å². The molecular formula is C13H20N2O4. The number of carbonyl (C=O) groups excluding carboxylic acids is 1. The van der Waals surface area contributed by atoms with Gasteiger partial charge in [0.2, 0.25) is 0 Å². The summed E-state index contributed by atoms with van der Waals surface area (Å²) in [7, 11) is 0. The number of hydrogen-bond donors (Lipinski definition) is 2. The summed E-state index contributed by atoms with van der Waals surface area (Å²) in [6, 6.07) is 3.15. The molecule has 0 aliphatic heterocycles. The third-order valence-corrected chi connectivity index (χ3v) is 2.56. The van der Waals surface area contributed by atoms with E-state index in [0.29, 0.717) is 5.76 Å². The number of amides is 2. The first kappa shape index (κ1) is 15.1. The molecule has 0 saturated carbocycles. The average Bonchev–Trinajstić information content (AvgIpc) is 2.67. The summed E-state index contributed by atoms with van der Waals surface area (Å²) < 4.78 is 5.33. The number of aliphatic carboxylic acids is 1. The minimum atomic E-state index is -1.04. The highest BCUT2D eigenvalue weighted by Crippen LogP contribution is 2.13. The van der Waals surface area contributed by atoms with Crippen LogP contribution in [0.15, 0.2) is 16.5 Å². The van der Waals surface area contributed by atoms with E-state index in [-0.39, 0.29) is 13.1 Å². The van der Waals surface area contributed by atoms with Crippen molar-refractivity contribution in [3.8, 4) is 0 Å². The number of aryl methyl sites for hydroxylation is 1. The maximum absolute atomic E-state index is 12.0. The van der Waals surface area contributed by atoms with Crippen LogP contribution in [0, 0.1) is 6.92 Å². The lowest BCUT2D eigenvalue weighted by molar-refractivity contribution is -0.138. The molecule has 6 heteroatoms. The molecule has 2 amide bonds. The van der Waals surface area contributed by atoms with Crippen LogP contribution in [0.3, 0.4) is 0 Å². The van der Waals surface area contributed by atoms with Crippen molar-refractivity contribution in [3.63, 3.8) is 0 Å². The highest BCUT2D eigenvalue weighted by Gasteiger charge is 2.28.